The van der Waals surface area contributed by atoms with Crippen molar-refractivity contribution in [3.05, 3.63) is 57.8 Å². The molecule has 10 heteroatoms. The van der Waals surface area contributed by atoms with Gasteiger partial charge in [-0.2, -0.15) is 0 Å². The number of piperidine rings is 1. The first-order valence-electron chi connectivity index (χ1n) is 12.3. The van der Waals surface area contributed by atoms with E-state index in [2.05, 4.69) is 5.32 Å². The van der Waals surface area contributed by atoms with Crippen LogP contribution in [0.2, 0.25) is 0 Å². The van der Waals surface area contributed by atoms with Crippen molar-refractivity contribution in [1.82, 2.24) is 15.1 Å². The quantitative estimate of drug-likeness (QED) is 0.439. The zero-order valence-corrected chi connectivity index (χ0v) is 21.8. The fraction of sp³-hybridized carbons (Fsp3) is 0.444. The highest BCUT2D eigenvalue weighted by molar-refractivity contribution is 7.15. The van der Waals surface area contributed by atoms with Gasteiger partial charge in [-0.25, -0.2) is 4.79 Å². The number of likely N-dealkylation sites (tertiary alicyclic amines) is 2. The Bertz CT molecular complexity index is 1190. The number of benzene rings is 1. The molecule has 2 aromatic rings. The Labute approximate surface area is 219 Å². The standard InChI is InChI=1S/C27H31N3O6S/c1-18(31)21-8-9-22(37-21)25(34)29-13-10-27(11-14-29)12-15-30(17-27)23(32)16-20(26(35)36-2)28-24(33)19-6-4-3-5-7-19/h3-9,20H,10-17H2,1-2H3,(H,28,33). The molecule has 1 spiro atoms. The van der Waals surface area contributed by atoms with Crippen LogP contribution in [0.4, 0.5) is 0 Å². The molecule has 0 aliphatic carbocycles. The average Bonchev–Trinajstić information content (AvgIpc) is 3.57. The number of hydrogen-bond acceptors (Lipinski definition) is 7. The lowest BCUT2D eigenvalue weighted by molar-refractivity contribution is -0.146. The van der Waals surface area contributed by atoms with Crippen LogP contribution in [0.3, 0.4) is 0 Å². The van der Waals surface area contributed by atoms with Gasteiger partial charge in [0, 0.05) is 31.7 Å². The Morgan fingerprint density at radius 3 is 2.16 bits per heavy atom. The number of thiophene rings is 1. The normalized spacial score (nSPS) is 17.4. The molecule has 0 saturated carbocycles. The van der Waals surface area contributed by atoms with Gasteiger partial charge >= 0.3 is 5.97 Å². The largest absolute Gasteiger partial charge is 0.467 e. The molecule has 1 unspecified atom stereocenters. The Kier molecular flexibility index (Phi) is 8.06. The summed E-state index contributed by atoms with van der Waals surface area (Å²) in [6.07, 6.45) is 2.20. The van der Waals surface area contributed by atoms with Crippen LogP contribution >= 0.6 is 11.3 Å². The van der Waals surface area contributed by atoms with Crippen molar-refractivity contribution in [1.29, 1.82) is 0 Å². The second kappa shape index (κ2) is 11.2. The number of carbonyl (C=O) groups excluding carboxylic acids is 5. The summed E-state index contributed by atoms with van der Waals surface area (Å²) in [5.41, 5.74) is 0.325. The number of carbonyl (C=O) groups is 5. The second-order valence-corrected chi connectivity index (χ2v) is 10.8. The van der Waals surface area contributed by atoms with E-state index in [1.54, 1.807) is 47.4 Å². The van der Waals surface area contributed by atoms with E-state index >= 15 is 0 Å². The third kappa shape index (κ3) is 6.07. The van der Waals surface area contributed by atoms with Crippen molar-refractivity contribution in [2.45, 2.75) is 38.6 Å². The van der Waals surface area contributed by atoms with Crippen molar-refractivity contribution < 1.29 is 28.7 Å². The topological polar surface area (TPSA) is 113 Å². The van der Waals surface area contributed by atoms with Gasteiger partial charge in [0.1, 0.15) is 6.04 Å². The number of nitrogens with one attached hydrogen (secondary N) is 1. The van der Waals surface area contributed by atoms with E-state index in [0.717, 1.165) is 19.3 Å². The van der Waals surface area contributed by atoms with Gasteiger partial charge in [0.05, 0.1) is 23.3 Å². The lowest BCUT2D eigenvalue weighted by Gasteiger charge is -2.39. The van der Waals surface area contributed by atoms with Gasteiger partial charge in [0.2, 0.25) is 5.91 Å². The van der Waals surface area contributed by atoms with Crippen LogP contribution in [-0.2, 0) is 14.3 Å². The van der Waals surface area contributed by atoms with Crippen LogP contribution in [0.25, 0.3) is 0 Å². The molecule has 9 nitrogen and oxygen atoms in total. The molecule has 2 aliphatic rings. The zero-order chi connectivity index (χ0) is 26.6. The molecule has 3 amide bonds. The molecule has 2 saturated heterocycles. The summed E-state index contributed by atoms with van der Waals surface area (Å²) >= 11 is 1.22. The highest BCUT2D eigenvalue weighted by Gasteiger charge is 2.43. The molecule has 3 heterocycles. The summed E-state index contributed by atoms with van der Waals surface area (Å²) in [6, 6.07) is 10.8. The van der Waals surface area contributed by atoms with Crippen molar-refractivity contribution in [2.24, 2.45) is 5.41 Å². The van der Waals surface area contributed by atoms with E-state index < -0.39 is 17.9 Å². The predicted molar refractivity (Wildman–Crippen MR) is 137 cm³/mol. The van der Waals surface area contributed by atoms with E-state index in [9.17, 15) is 24.0 Å². The lowest BCUT2D eigenvalue weighted by Crippen LogP contribution is -2.46. The minimum Gasteiger partial charge on any atom is -0.467 e. The third-order valence-corrected chi connectivity index (χ3v) is 8.45. The van der Waals surface area contributed by atoms with E-state index in [1.807, 2.05) is 4.90 Å². The number of methoxy groups -OCH3 is 1. The summed E-state index contributed by atoms with van der Waals surface area (Å²) in [7, 11) is 1.23. The van der Waals surface area contributed by atoms with Crippen LogP contribution in [0.5, 0.6) is 0 Å². The molecule has 37 heavy (non-hydrogen) atoms. The summed E-state index contributed by atoms with van der Waals surface area (Å²) in [5.74, 6) is -1.44. The predicted octanol–water partition coefficient (Wildman–Crippen LogP) is 2.77. The molecule has 2 aliphatic heterocycles. The first-order valence-corrected chi connectivity index (χ1v) is 13.1. The van der Waals surface area contributed by atoms with Gasteiger partial charge in [0.15, 0.2) is 5.78 Å². The Morgan fingerprint density at radius 1 is 0.946 bits per heavy atom. The van der Waals surface area contributed by atoms with Gasteiger partial charge in [-0.3, -0.25) is 19.2 Å². The maximum atomic E-state index is 13.1. The Hall–Kier alpha value is -3.53. The molecule has 1 aromatic heterocycles. The Balaban J connectivity index is 1.32. The monoisotopic (exact) mass is 525 g/mol. The van der Waals surface area contributed by atoms with Crippen LogP contribution in [-0.4, -0.2) is 78.6 Å². The molecule has 0 bridgehead atoms. The number of ketones is 1. The maximum Gasteiger partial charge on any atom is 0.328 e. The summed E-state index contributed by atoms with van der Waals surface area (Å²) in [6.45, 7) is 3.79. The summed E-state index contributed by atoms with van der Waals surface area (Å²) in [4.78, 5) is 67.1. The smallest absolute Gasteiger partial charge is 0.328 e. The van der Waals surface area contributed by atoms with Gasteiger partial charge in [0.25, 0.3) is 11.8 Å². The molecule has 1 N–H and O–H groups in total. The highest BCUT2D eigenvalue weighted by atomic mass is 32.1. The van der Waals surface area contributed by atoms with E-state index in [1.165, 1.54) is 25.4 Å². The average molecular weight is 526 g/mol. The maximum absolute atomic E-state index is 13.1. The lowest BCUT2D eigenvalue weighted by atomic mass is 9.77. The van der Waals surface area contributed by atoms with Crippen LogP contribution < -0.4 is 5.32 Å². The molecular formula is C27H31N3O6S. The first-order chi connectivity index (χ1) is 17.7. The van der Waals surface area contributed by atoms with Crippen molar-refractivity contribution in [2.75, 3.05) is 33.3 Å². The van der Waals surface area contributed by atoms with Crippen LogP contribution in [0.1, 0.15) is 62.3 Å². The second-order valence-electron chi connectivity index (χ2n) is 9.70. The number of esters is 1. The van der Waals surface area contributed by atoms with Crippen LogP contribution in [0.15, 0.2) is 42.5 Å². The number of hydrogen-bond donors (Lipinski definition) is 1. The summed E-state index contributed by atoms with van der Waals surface area (Å²) in [5, 5.41) is 2.63. The van der Waals surface area contributed by atoms with Gasteiger partial charge in [-0.15, -0.1) is 11.3 Å². The van der Waals surface area contributed by atoms with E-state index in [-0.39, 0.29) is 29.4 Å². The third-order valence-electron chi connectivity index (χ3n) is 7.27. The SMILES string of the molecule is COC(=O)C(CC(=O)N1CCC2(CCN(C(=O)c3ccc(C(C)=O)s3)CC2)C1)NC(=O)c1ccccc1. The van der Waals surface area contributed by atoms with Gasteiger partial charge < -0.3 is 19.9 Å². The minimum atomic E-state index is -1.08. The minimum absolute atomic E-state index is 0.0496. The first kappa shape index (κ1) is 26.5. The van der Waals surface area contributed by atoms with Crippen molar-refractivity contribution >= 4 is 40.8 Å². The van der Waals surface area contributed by atoms with Gasteiger partial charge in [-0.1, -0.05) is 18.2 Å². The molecule has 4 rings (SSSR count). The summed E-state index contributed by atoms with van der Waals surface area (Å²) < 4.78 is 4.83. The molecular weight excluding hydrogens is 494 g/mol. The van der Waals surface area contributed by atoms with Crippen LogP contribution in [0, 0.1) is 5.41 Å². The number of nitrogens with zero attached hydrogens (tertiary/aromatic N) is 2. The van der Waals surface area contributed by atoms with Crippen molar-refractivity contribution in [3.63, 3.8) is 0 Å². The fourth-order valence-corrected chi connectivity index (χ4v) is 5.88. The molecule has 1 atom stereocenters. The fourth-order valence-electron chi connectivity index (χ4n) is 5.01. The molecule has 0 radical (unpaired) electrons. The number of Topliss-reactive ketones (excluding diaryl/α,β-unsaturated/α-hetero) is 1. The van der Waals surface area contributed by atoms with Gasteiger partial charge in [-0.05, 0) is 55.9 Å². The Morgan fingerprint density at radius 2 is 1.57 bits per heavy atom. The zero-order valence-electron chi connectivity index (χ0n) is 21.0. The number of amides is 3. The highest BCUT2D eigenvalue weighted by Crippen LogP contribution is 2.41. The van der Waals surface area contributed by atoms with E-state index in [0.29, 0.717) is 41.5 Å². The number of rotatable bonds is 7. The van der Waals surface area contributed by atoms with Crippen molar-refractivity contribution in [3.8, 4) is 0 Å². The molecule has 2 fully saturated rings. The number of ether oxygens (including phenoxy) is 1. The molecule has 196 valence electrons. The molecule has 1 aromatic carbocycles. The van der Waals surface area contributed by atoms with E-state index in [4.69, 9.17) is 4.74 Å².